The van der Waals surface area contributed by atoms with E-state index in [0.29, 0.717) is 11.5 Å². The zero-order valence-electron chi connectivity index (χ0n) is 14.9. The van der Waals surface area contributed by atoms with E-state index >= 15 is 0 Å². The van der Waals surface area contributed by atoms with Crippen LogP contribution >= 0.6 is 12.2 Å². The summed E-state index contributed by atoms with van der Waals surface area (Å²) in [4.78, 5) is 0. The van der Waals surface area contributed by atoms with Crippen LogP contribution < -0.4 is 0 Å². The summed E-state index contributed by atoms with van der Waals surface area (Å²) in [5.41, 5.74) is 0. The van der Waals surface area contributed by atoms with Crippen LogP contribution in [0, 0.1) is 0 Å². The van der Waals surface area contributed by atoms with Crippen molar-refractivity contribution in [1.82, 2.24) is 0 Å². The second-order valence-corrected chi connectivity index (χ2v) is 7.10. The van der Waals surface area contributed by atoms with Gasteiger partial charge in [0.15, 0.2) is 11.2 Å². The minimum Gasteiger partial charge on any atom is -0.479 e. The first kappa shape index (κ1) is 21.8. The zero-order chi connectivity index (χ0) is 17.8. The fourth-order valence-electron chi connectivity index (χ4n) is 2.97. The summed E-state index contributed by atoms with van der Waals surface area (Å²) >= 11 is 5.22. The first-order valence-corrected chi connectivity index (χ1v) is 9.79. The molecule has 1 aliphatic rings. The molecule has 5 nitrogen and oxygen atoms in total. The predicted octanol–water partition coefficient (Wildman–Crippen LogP) is 2.73. The van der Waals surface area contributed by atoms with Crippen LogP contribution in [-0.2, 0) is 9.47 Å². The SMILES string of the molecule is CCCCCCCCCCCC(=S)O[C@H]1CO[C@H]([C@H](O)CO)[C@@H]1O. The first-order chi connectivity index (χ1) is 11.6. The Morgan fingerprint density at radius 2 is 1.71 bits per heavy atom. The highest BCUT2D eigenvalue weighted by molar-refractivity contribution is 7.80. The molecule has 6 heteroatoms. The van der Waals surface area contributed by atoms with Gasteiger partial charge in [0.25, 0.3) is 0 Å². The Bertz CT molecular complexity index is 339. The smallest absolute Gasteiger partial charge is 0.160 e. The lowest BCUT2D eigenvalue weighted by Gasteiger charge is -2.21. The van der Waals surface area contributed by atoms with Gasteiger partial charge in [-0.25, -0.2) is 0 Å². The maximum absolute atomic E-state index is 10.0. The van der Waals surface area contributed by atoms with Gasteiger partial charge in [-0.2, -0.15) is 0 Å². The number of rotatable bonds is 13. The summed E-state index contributed by atoms with van der Waals surface area (Å²) in [7, 11) is 0. The Morgan fingerprint density at radius 1 is 1.12 bits per heavy atom. The van der Waals surface area contributed by atoms with Gasteiger partial charge in [0.1, 0.15) is 18.3 Å². The van der Waals surface area contributed by atoms with Gasteiger partial charge in [-0.1, -0.05) is 58.3 Å². The summed E-state index contributed by atoms with van der Waals surface area (Å²) in [6, 6.07) is 0. The summed E-state index contributed by atoms with van der Waals surface area (Å²) in [5, 5.41) is 29.0. The molecule has 1 rings (SSSR count). The third kappa shape index (κ3) is 8.21. The standard InChI is InChI=1S/C18H34O5S/c1-2-3-4-5-6-7-8-9-10-11-16(24)23-15-13-22-18(17(15)21)14(20)12-19/h14-15,17-21H,2-13H2,1H3/t14-,15+,17-,18-/m1/s1. The molecule has 0 radical (unpaired) electrons. The van der Waals surface area contributed by atoms with Crippen LogP contribution in [0.5, 0.6) is 0 Å². The third-order valence-corrected chi connectivity index (χ3v) is 4.80. The molecular formula is C18H34O5S. The molecule has 0 unspecified atom stereocenters. The van der Waals surface area contributed by atoms with E-state index in [4.69, 9.17) is 26.8 Å². The quantitative estimate of drug-likeness (QED) is 0.345. The number of aliphatic hydroxyl groups excluding tert-OH is 3. The minimum absolute atomic E-state index is 0.181. The molecule has 1 aliphatic heterocycles. The number of hydrogen-bond donors (Lipinski definition) is 3. The van der Waals surface area contributed by atoms with Crippen molar-refractivity contribution < 1.29 is 24.8 Å². The van der Waals surface area contributed by atoms with E-state index in [-0.39, 0.29) is 6.61 Å². The van der Waals surface area contributed by atoms with Crippen LogP contribution in [0.4, 0.5) is 0 Å². The monoisotopic (exact) mass is 362 g/mol. The predicted molar refractivity (Wildman–Crippen MR) is 98.2 cm³/mol. The van der Waals surface area contributed by atoms with Gasteiger partial charge in [0.05, 0.1) is 13.2 Å². The van der Waals surface area contributed by atoms with Crippen molar-refractivity contribution in [3.05, 3.63) is 0 Å². The van der Waals surface area contributed by atoms with Gasteiger partial charge in [0, 0.05) is 6.42 Å². The van der Waals surface area contributed by atoms with Crippen LogP contribution in [-0.4, -0.2) is 58.0 Å². The van der Waals surface area contributed by atoms with Crippen LogP contribution in [0.2, 0.25) is 0 Å². The van der Waals surface area contributed by atoms with Crippen molar-refractivity contribution in [3.63, 3.8) is 0 Å². The first-order valence-electron chi connectivity index (χ1n) is 9.38. The topological polar surface area (TPSA) is 79.2 Å². The number of unbranched alkanes of at least 4 members (excludes halogenated alkanes) is 8. The van der Waals surface area contributed by atoms with E-state index < -0.39 is 31.0 Å². The Labute approximate surface area is 151 Å². The second kappa shape index (κ2) is 13.0. The molecule has 0 aromatic rings. The second-order valence-electron chi connectivity index (χ2n) is 6.65. The highest BCUT2D eigenvalue weighted by Crippen LogP contribution is 2.21. The van der Waals surface area contributed by atoms with E-state index in [9.17, 15) is 10.2 Å². The summed E-state index contributed by atoms with van der Waals surface area (Å²) in [6.07, 6.45) is 8.60. The van der Waals surface area contributed by atoms with Gasteiger partial charge in [0.2, 0.25) is 0 Å². The van der Waals surface area contributed by atoms with Gasteiger partial charge in [-0.3, -0.25) is 0 Å². The largest absolute Gasteiger partial charge is 0.479 e. The van der Waals surface area contributed by atoms with Crippen molar-refractivity contribution in [1.29, 1.82) is 0 Å². The summed E-state index contributed by atoms with van der Waals surface area (Å²) < 4.78 is 10.9. The summed E-state index contributed by atoms with van der Waals surface area (Å²) in [5.74, 6) is 0. The molecule has 0 bridgehead atoms. The average molecular weight is 363 g/mol. The van der Waals surface area contributed by atoms with Crippen molar-refractivity contribution in [3.8, 4) is 0 Å². The van der Waals surface area contributed by atoms with Crippen molar-refractivity contribution in [2.45, 2.75) is 95.5 Å². The Morgan fingerprint density at radius 3 is 2.29 bits per heavy atom. The Kier molecular flexibility index (Phi) is 11.8. The Balaban J connectivity index is 2.04. The lowest BCUT2D eigenvalue weighted by atomic mass is 10.1. The molecule has 1 saturated heterocycles. The van der Waals surface area contributed by atoms with Gasteiger partial charge in [-0.15, -0.1) is 0 Å². The minimum atomic E-state index is -1.10. The van der Waals surface area contributed by atoms with Crippen molar-refractivity contribution in [2.24, 2.45) is 0 Å². The average Bonchev–Trinajstić information content (AvgIpc) is 2.93. The van der Waals surface area contributed by atoms with E-state index in [2.05, 4.69) is 6.92 Å². The summed E-state index contributed by atoms with van der Waals surface area (Å²) in [6.45, 7) is 1.97. The molecule has 0 amide bonds. The lowest BCUT2D eigenvalue weighted by molar-refractivity contribution is -0.0679. The highest BCUT2D eigenvalue weighted by Gasteiger charge is 2.41. The van der Waals surface area contributed by atoms with Gasteiger partial charge >= 0.3 is 0 Å². The fourth-order valence-corrected chi connectivity index (χ4v) is 3.24. The molecule has 0 spiro atoms. The van der Waals surface area contributed by atoms with E-state index in [1.807, 2.05) is 0 Å². The number of hydrogen-bond acceptors (Lipinski definition) is 6. The fraction of sp³-hybridized carbons (Fsp3) is 0.944. The molecule has 24 heavy (non-hydrogen) atoms. The molecule has 1 fully saturated rings. The maximum Gasteiger partial charge on any atom is 0.160 e. The number of thiocarbonyl (C=S) groups is 1. The van der Waals surface area contributed by atoms with Crippen LogP contribution in [0.1, 0.15) is 71.1 Å². The molecule has 0 aromatic heterocycles. The van der Waals surface area contributed by atoms with Crippen LogP contribution in [0.3, 0.4) is 0 Å². The molecular weight excluding hydrogens is 328 g/mol. The van der Waals surface area contributed by atoms with Crippen molar-refractivity contribution in [2.75, 3.05) is 13.2 Å². The normalized spacial score (nSPS) is 24.9. The molecule has 0 aromatic carbocycles. The van der Waals surface area contributed by atoms with Crippen molar-refractivity contribution >= 4 is 17.3 Å². The third-order valence-electron chi connectivity index (χ3n) is 4.50. The Hall–Kier alpha value is -0.270. The van der Waals surface area contributed by atoms with Gasteiger partial charge < -0.3 is 24.8 Å². The molecule has 4 atom stereocenters. The molecule has 3 N–H and O–H groups in total. The highest BCUT2D eigenvalue weighted by atomic mass is 32.1. The molecule has 0 saturated carbocycles. The van der Waals surface area contributed by atoms with E-state index in [1.54, 1.807) is 0 Å². The molecule has 0 aliphatic carbocycles. The molecule has 1 heterocycles. The lowest BCUT2D eigenvalue weighted by Crippen LogP contribution is -2.41. The maximum atomic E-state index is 10.0. The van der Waals surface area contributed by atoms with Gasteiger partial charge in [-0.05, 0) is 18.6 Å². The van der Waals surface area contributed by atoms with Crippen LogP contribution in [0.25, 0.3) is 0 Å². The zero-order valence-corrected chi connectivity index (χ0v) is 15.7. The number of aliphatic hydroxyl groups is 3. The van der Waals surface area contributed by atoms with E-state index in [0.717, 1.165) is 12.8 Å². The van der Waals surface area contributed by atoms with E-state index in [1.165, 1.54) is 44.9 Å². The van der Waals surface area contributed by atoms with Crippen LogP contribution in [0.15, 0.2) is 0 Å². The molecule has 142 valence electrons. The number of ether oxygens (including phenoxy) is 2.